The molecule has 0 aliphatic carbocycles. The van der Waals surface area contributed by atoms with Gasteiger partial charge >= 0.3 is 12.1 Å². The van der Waals surface area contributed by atoms with Gasteiger partial charge in [-0.2, -0.15) is 13.2 Å². The molecule has 0 atom stereocenters. The summed E-state index contributed by atoms with van der Waals surface area (Å²) in [5.41, 5.74) is -0.693. The molecule has 0 amide bonds. The lowest BCUT2D eigenvalue weighted by atomic mass is 10.0. The number of ether oxygens (including phenoxy) is 2. The number of pyridine rings is 3. The molecule has 184 valence electrons. The van der Waals surface area contributed by atoms with Crippen LogP contribution in [-0.2, 0) is 17.5 Å². The van der Waals surface area contributed by atoms with Crippen molar-refractivity contribution in [1.82, 2.24) is 14.5 Å². The van der Waals surface area contributed by atoms with Gasteiger partial charge in [0.25, 0.3) is 5.56 Å². The number of hydrogen-bond donors (Lipinski definition) is 0. The second kappa shape index (κ2) is 10.2. The molecule has 0 N–H and O–H groups in total. The van der Waals surface area contributed by atoms with Gasteiger partial charge in [-0.15, -0.1) is 0 Å². The van der Waals surface area contributed by atoms with Crippen LogP contribution in [-0.4, -0.2) is 27.6 Å². The molecule has 4 rings (SSSR count). The molecule has 3 heterocycles. The molecule has 0 fully saturated rings. The SMILES string of the molecule is COc1cnc(Cl)cc1-c1cc(-n2ccc(C(F)(F)F)cc2=O)ncc1C(=O)OCc1ccccc1. The Morgan fingerprint density at radius 3 is 2.44 bits per heavy atom. The third-order valence-corrected chi connectivity index (χ3v) is 5.37. The average molecular weight is 516 g/mol. The third kappa shape index (κ3) is 5.38. The van der Waals surface area contributed by atoms with E-state index in [1.54, 1.807) is 24.3 Å². The van der Waals surface area contributed by atoms with Crippen LogP contribution in [0, 0.1) is 0 Å². The van der Waals surface area contributed by atoms with E-state index in [4.69, 9.17) is 21.1 Å². The molecule has 3 aromatic heterocycles. The van der Waals surface area contributed by atoms with Gasteiger partial charge in [0.1, 0.15) is 23.3 Å². The lowest BCUT2D eigenvalue weighted by molar-refractivity contribution is -0.137. The van der Waals surface area contributed by atoms with E-state index in [0.29, 0.717) is 11.6 Å². The van der Waals surface area contributed by atoms with Gasteiger partial charge in [0.05, 0.1) is 24.4 Å². The summed E-state index contributed by atoms with van der Waals surface area (Å²) in [4.78, 5) is 33.6. The van der Waals surface area contributed by atoms with Crippen LogP contribution in [0.15, 0.2) is 78.0 Å². The van der Waals surface area contributed by atoms with Gasteiger partial charge in [0.15, 0.2) is 0 Å². The number of rotatable bonds is 6. The number of hydrogen-bond acceptors (Lipinski definition) is 6. The zero-order valence-electron chi connectivity index (χ0n) is 18.6. The van der Waals surface area contributed by atoms with Crippen molar-refractivity contribution in [1.29, 1.82) is 0 Å². The molecule has 0 spiro atoms. The van der Waals surface area contributed by atoms with Crippen molar-refractivity contribution in [2.45, 2.75) is 12.8 Å². The summed E-state index contributed by atoms with van der Waals surface area (Å²) in [5, 5.41) is 0.0967. The fraction of sp³-hybridized carbons (Fsp3) is 0.120. The number of halogens is 4. The molecular formula is C25H17ClF3N3O4. The van der Waals surface area contributed by atoms with Crippen LogP contribution >= 0.6 is 11.6 Å². The van der Waals surface area contributed by atoms with Gasteiger partial charge in [-0.1, -0.05) is 41.9 Å². The first kappa shape index (κ1) is 24.9. The minimum Gasteiger partial charge on any atom is -0.494 e. The summed E-state index contributed by atoms with van der Waals surface area (Å²) in [6, 6.07) is 13.0. The first-order valence-electron chi connectivity index (χ1n) is 10.4. The Kier molecular flexibility index (Phi) is 7.07. The zero-order chi connectivity index (χ0) is 25.9. The molecule has 11 heteroatoms. The Bertz CT molecular complexity index is 1470. The second-order valence-electron chi connectivity index (χ2n) is 7.48. The standard InChI is InChI=1S/C25H17ClF3N3O4/c1-35-20-13-30-21(26)10-18(20)17-11-22(32-8-7-16(9-23(32)33)25(27,28)29)31-12-19(17)24(34)36-14-15-5-3-2-4-6-15/h2-13H,14H2,1H3. The predicted octanol–water partition coefficient (Wildman–Crippen LogP) is 5.33. The van der Waals surface area contributed by atoms with Crippen LogP contribution in [0.3, 0.4) is 0 Å². The molecule has 0 aliphatic heterocycles. The Labute approximate surface area is 207 Å². The number of benzene rings is 1. The normalized spacial score (nSPS) is 11.2. The summed E-state index contributed by atoms with van der Waals surface area (Å²) in [6.45, 7) is -0.00648. The summed E-state index contributed by atoms with van der Waals surface area (Å²) in [6.07, 6.45) is -1.19. The van der Waals surface area contributed by atoms with Crippen molar-refractivity contribution < 1.29 is 27.4 Å². The fourth-order valence-corrected chi connectivity index (χ4v) is 3.56. The van der Waals surface area contributed by atoms with Crippen LogP contribution in [0.1, 0.15) is 21.5 Å². The van der Waals surface area contributed by atoms with Gasteiger partial charge in [-0.3, -0.25) is 9.36 Å². The number of methoxy groups -OCH3 is 1. The second-order valence-corrected chi connectivity index (χ2v) is 7.87. The average Bonchev–Trinajstić information content (AvgIpc) is 2.87. The summed E-state index contributed by atoms with van der Waals surface area (Å²) >= 11 is 6.08. The van der Waals surface area contributed by atoms with E-state index in [1.807, 2.05) is 6.07 Å². The zero-order valence-corrected chi connectivity index (χ0v) is 19.4. The van der Waals surface area contributed by atoms with Crippen LogP contribution in [0.25, 0.3) is 16.9 Å². The van der Waals surface area contributed by atoms with E-state index >= 15 is 0 Å². The lowest BCUT2D eigenvalue weighted by Crippen LogP contribution is -2.21. The van der Waals surface area contributed by atoms with Crippen molar-refractivity contribution >= 4 is 17.6 Å². The van der Waals surface area contributed by atoms with E-state index < -0.39 is 23.3 Å². The number of alkyl halides is 3. The monoisotopic (exact) mass is 515 g/mol. The highest BCUT2D eigenvalue weighted by molar-refractivity contribution is 6.29. The summed E-state index contributed by atoms with van der Waals surface area (Å²) < 4.78 is 50.7. The number of carbonyl (C=O) groups is 1. The molecule has 0 unspecified atom stereocenters. The smallest absolute Gasteiger partial charge is 0.416 e. The first-order valence-corrected chi connectivity index (χ1v) is 10.8. The summed E-state index contributed by atoms with van der Waals surface area (Å²) in [7, 11) is 1.39. The summed E-state index contributed by atoms with van der Waals surface area (Å²) in [5.74, 6) is -0.491. The third-order valence-electron chi connectivity index (χ3n) is 5.16. The van der Waals surface area contributed by atoms with Gasteiger partial charge < -0.3 is 9.47 Å². The van der Waals surface area contributed by atoms with E-state index in [0.717, 1.165) is 22.4 Å². The van der Waals surface area contributed by atoms with Crippen molar-refractivity contribution in [3.8, 4) is 22.7 Å². The topological polar surface area (TPSA) is 83.3 Å². The van der Waals surface area contributed by atoms with Crippen LogP contribution < -0.4 is 10.3 Å². The quantitative estimate of drug-likeness (QED) is 0.255. The molecule has 1 aromatic carbocycles. The molecule has 0 saturated heterocycles. The number of aromatic nitrogens is 3. The Hall–Kier alpha value is -4.18. The molecule has 0 radical (unpaired) electrons. The number of nitrogens with zero attached hydrogens (tertiary/aromatic N) is 3. The molecule has 4 aromatic rings. The van der Waals surface area contributed by atoms with E-state index in [9.17, 15) is 22.8 Å². The van der Waals surface area contributed by atoms with Gasteiger partial charge in [0.2, 0.25) is 0 Å². The number of carbonyl (C=O) groups excluding carboxylic acids is 1. The maximum absolute atomic E-state index is 13.0. The van der Waals surface area contributed by atoms with Gasteiger partial charge in [0, 0.05) is 29.6 Å². The minimum absolute atomic E-state index is 0.00648. The molecule has 0 aliphatic rings. The minimum atomic E-state index is -4.68. The first-order chi connectivity index (χ1) is 17.2. The molecule has 7 nitrogen and oxygen atoms in total. The Morgan fingerprint density at radius 1 is 1.03 bits per heavy atom. The Morgan fingerprint density at radius 2 is 1.78 bits per heavy atom. The van der Waals surface area contributed by atoms with Crippen molar-refractivity contribution in [3.05, 3.63) is 105 Å². The van der Waals surface area contributed by atoms with Crippen molar-refractivity contribution in [2.24, 2.45) is 0 Å². The largest absolute Gasteiger partial charge is 0.494 e. The highest BCUT2D eigenvalue weighted by atomic mass is 35.5. The highest BCUT2D eigenvalue weighted by Crippen LogP contribution is 2.35. The van der Waals surface area contributed by atoms with Crippen LogP contribution in [0.5, 0.6) is 5.75 Å². The maximum atomic E-state index is 13.0. The van der Waals surface area contributed by atoms with Gasteiger partial charge in [-0.05, 0) is 23.8 Å². The van der Waals surface area contributed by atoms with Crippen molar-refractivity contribution in [2.75, 3.05) is 7.11 Å². The van der Waals surface area contributed by atoms with Crippen LogP contribution in [0.4, 0.5) is 13.2 Å². The number of esters is 1. The fourth-order valence-electron chi connectivity index (χ4n) is 3.40. The lowest BCUT2D eigenvalue weighted by Gasteiger charge is -2.15. The maximum Gasteiger partial charge on any atom is 0.416 e. The van der Waals surface area contributed by atoms with E-state index in [-0.39, 0.29) is 34.5 Å². The highest BCUT2D eigenvalue weighted by Gasteiger charge is 2.31. The molecule has 0 saturated carbocycles. The molecular weight excluding hydrogens is 499 g/mol. The van der Waals surface area contributed by atoms with E-state index in [2.05, 4.69) is 9.97 Å². The van der Waals surface area contributed by atoms with Crippen LogP contribution in [0.2, 0.25) is 5.15 Å². The Balaban J connectivity index is 1.81. The molecule has 36 heavy (non-hydrogen) atoms. The van der Waals surface area contributed by atoms with Crippen molar-refractivity contribution in [3.63, 3.8) is 0 Å². The van der Waals surface area contributed by atoms with E-state index in [1.165, 1.54) is 31.6 Å². The van der Waals surface area contributed by atoms with Gasteiger partial charge in [-0.25, -0.2) is 14.8 Å². The predicted molar refractivity (Wildman–Crippen MR) is 125 cm³/mol. The molecule has 0 bridgehead atoms.